The van der Waals surface area contributed by atoms with Crippen LogP contribution in [0.1, 0.15) is 40.2 Å². The lowest BCUT2D eigenvalue weighted by atomic mass is 10.1. The third-order valence-corrected chi connectivity index (χ3v) is 3.16. The van der Waals surface area contributed by atoms with Gasteiger partial charge in [0.15, 0.2) is 0 Å². The molecular weight excluding hydrogens is 320 g/mol. The Bertz CT molecular complexity index is 550. The second kappa shape index (κ2) is 9.42. The number of carbonyl (C=O) groups is 2. The van der Waals surface area contributed by atoms with E-state index < -0.39 is 17.2 Å². The van der Waals surface area contributed by atoms with Crippen LogP contribution in [0, 0.1) is 0 Å². The van der Waals surface area contributed by atoms with Crippen LogP contribution in [-0.2, 0) is 20.7 Å². The Morgan fingerprint density at radius 3 is 2.28 bits per heavy atom. The highest BCUT2D eigenvalue weighted by Gasteiger charge is 2.23. The van der Waals surface area contributed by atoms with Gasteiger partial charge in [0, 0.05) is 6.54 Å². The molecule has 0 atom stereocenters. The predicted octanol–water partition coefficient (Wildman–Crippen LogP) is 2.67. The van der Waals surface area contributed by atoms with Crippen LogP contribution in [-0.4, -0.2) is 42.9 Å². The van der Waals surface area contributed by atoms with Crippen molar-refractivity contribution in [1.29, 1.82) is 0 Å². The molecule has 0 spiro atoms. The van der Waals surface area contributed by atoms with Gasteiger partial charge in [-0.1, -0.05) is 30.3 Å². The van der Waals surface area contributed by atoms with Crippen molar-refractivity contribution < 1.29 is 19.1 Å². The van der Waals surface area contributed by atoms with E-state index in [0.717, 1.165) is 6.42 Å². The first-order valence-electron chi connectivity index (χ1n) is 8.47. The van der Waals surface area contributed by atoms with Gasteiger partial charge in [-0.2, -0.15) is 0 Å². The number of alkyl carbamates (subject to hydrolysis) is 1. The van der Waals surface area contributed by atoms with Crippen LogP contribution in [0.15, 0.2) is 30.3 Å². The summed E-state index contributed by atoms with van der Waals surface area (Å²) < 4.78 is 10.6. The topological polar surface area (TPSA) is 76.7 Å². The lowest BCUT2D eigenvalue weighted by molar-refractivity contribution is -0.127. The average molecular weight is 350 g/mol. The van der Waals surface area contributed by atoms with Crippen LogP contribution in [0.2, 0.25) is 0 Å². The summed E-state index contributed by atoms with van der Waals surface area (Å²) in [5, 5.41) is 5.50. The summed E-state index contributed by atoms with van der Waals surface area (Å²) in [6.07, 6.45) is 0.256. The van der Waals surface area contributed by atoms with E-state index in [1.54, 1.807) is 20.8 Å². The molecule has 0 heterocycles. The van der Waals surface area contributed by atoms with Gasteiger partial charge >= 0.3 is 6.09 Å². The molecule has 1 rings (SSSR count). The number of benzene rings is 1. The molecule has 0 aliphatic carbocycles. The highest BCUT2D eigenvalue weighted by atomic mass is 16.6. The number of hydrogen-bond acceptors (Lipinski definition) is 4. The van der Waals surface area contributed by atoms with Gasteiger partial charge in [0.2, 0.25) is 5.91 Å². The Morgan fingerprint density at radius 2 is 1.68 bits per heavy atom. The van der Waals surface area contributed by atoms with E-state index in [1.807, 2.05) is 44.2 Å². The zero-order valence-corrected chi connectivity index (χ0v) is 15.8. The van der Waals surface area contributed by atoms with Crippen molar-refractivity contribution in [3.05, 3.63) is 35.9 Å². The summed E-state index contributed by atoms with van der Waals surface area (Å²) in [5.41, 5.74) is 0.0192. The molecule has 0 aliphatic heterocycles. The molecule has 1 aromatic rings. The minimum Gasteiger partial charge on any atom is -0.444 e. The highest BCUT2D eigenvalue weighted by molar-refractivity contribution is 5.78. The second-order valence-electron chi connectivity index (χ2n) is 7.58. The predicted molar refractivity (Wildman–Crippen MR) is 97.4 cm³/mol. The van der Waals surface area contributed by atoms with E-state index in [1.165, 1.54) is 5.56 Å². The van der Waals surface area contributed by atoms with Crippen LogP contribution in [0.4, 0.5) is 4.79 Å². The molecule has 0 bridgehead atoms. The first-order valence-corrected chi connectivity index (χ1v) is 8.47. The molecule has 0 fully saturated rings. The molecule has 6 heteroatoms. The zero-order chi connectivity index (χ0) is 18.9. The molecule has 2 amide bonds. The summed E-state index contributed by atoms with van der Waals surface area (Å²) in [6.45, 7) is 9.78. The fraction of sp³-hybridized carbons (Fsp3) is 0.579. The monoisotopic (exact) mass is 350 g/mol. The molecule has 0 saturated heterocycles. The van der Waals surface area contributed by atoms with Gasteiger partial charge in [0.05, 0.1) is 12.1 Å². The molecule has 0 saturated carbocycles. The first kappa shape index (κ1) is 21.0. The van der Waals surface area contributed by atoms with Gasteiger partial charge in [-0.3, -0.25) is 4.79 Å². The number of ether oxygens (including phenoxy) is 2. The molecule has 0 radical (unpaired) electrons. The summed E-state index contributed by atoms with van der Waals surface area (Å²) in [6, 6.07) is 9.96. The molecule has 0 aromatic heterocycles. The molecule has 1 aromatic carbocycles. The van der Waals surface area contributed by atoms with E-state index in [2.05, 4.69) is 10.6 Å². The Hall–Kier alpha value is -2.08. The molecule has 0 aliphatic rings. The summed E-state index contributed by atoms with van der Waals surface area (Å²) >= 11 is 0. The summed E-state index contributed by atoms with van der Waals surface area (Å²) in [4.78, 5) is 23.6. The van der Waals surface area contributed by atoms with Crippen LogP contribution >= 0.6 is 0 Å². The zero-order valence-electron chi connectivity index (χ0n) is 15.8. The quantitative estimate of drug-likeness (QED) is 0.707. The van der Waals surface area contributed by atoms with Gasteiger partial charge in [0.25, 0.3) is 0 Å². The normalized spacial score (nSPS) is 11.7. The van der Waals surface area contributed by atoms with Crippen LogP contribution in [0.5, 0.6) is 0 Å². The van der Waals surface area contributed by atoms with E-state index >= 15 is 0 Å². The Labute approximate surface area is 150 Å². The molecule has 2 N–H and O–H groups in total. The minimum atomic E-state index is -0.600. The van der Waals surface area contributed by atoms with Crippen LogP contribution < -0.4 is 10.6 Å². The molecule has 0 unspecified atom stereocenters. The largest absolute Gasteiger partial charge is 0.444 e. The smallest absolute Gasteiger partial charge is 0.407 e. The highest BCUT2D eigenvalue weighted by Crippen LogP contribution is 2.07. The third kappa shape index (κ3) is 10.4. The van der Waals surface area contributed by atoms with Crippen molar-refractivity contribution in [2.45, 2.75) is 52.2 Å². The second-order valence-corrected chi connectivity index (χ2v) is 7.58. The van der Waals surface area contributed by atoms with E-state index in [0.29, 0.717) is 6.61 Å². The van der Waals surface area contributed by atoms with Crippen molar-refractivity contribution in [2.24, 2.45) is 0 Å². The van der Waals surface area contributed by atoms with E-state index in [-0.39, 0.29) is 19.1 Å². The van der Waals surface area contributed by atoms with Gasteiger partial charge < -0.3 is 20.1 Å². The average Bonchev–Trinajstić information content (AvgIpc) is 2.49. The van der Waals surface area contributed by atoms with Gasteiger partial charge in [-0.15, -0.1) is 0 Å². The number of hydrogen-bond donors (Lipinski definition) is 2. The maximum atomic E-state index is 12.0. The Kier molecular flexibility index (Phi) is 7.90. The molecule has 140 valence electrons. The molecule has 6 nitrogen and oxygen atoms in total. The van der Waals surface area contributed by atoms with Crippen LogP contribution in [0.25, 0.3) is 0 Å². The lowest BCUT2D eigenvalue weighted by Crippen LogP contribution is -2.52. The minimum absolute atomic E-state index is 0.0112. The first-order chi connectivity index (χ1) is 11.6. The van der Waals surface area contributed by atoms with Gasteiger partial charge in [0.1, 0.15) is 12.2 Å². The van der Waals surface area contributed by atoms with Crippen molar-refractivity contribution in [3.63, 3.8) is 0 Å². The summed E-state index contributed by atoms with van der Waals surface area (Å²) in [5.74, 6) is -0.218. The van der Waals surface area contributed by atoms with E-state index in [4.69, 9.17) is 9.47 Å². The Balaban J connectivity index is 2.24. The van der Waals surface area contributed by atoms with E-state index in [9.17, 15) is 9.59 Å². The third-order valence-electron chi connectivity index (χ3n) is 3.16. The Morgan fingerprint density at radius 1 is 1.04 bits per heavy atom. The van der Waals surface area contributed by atoms with Crippen molar-refractivity contribution >= 4 is 12.0 Å². The molecule has 25 heavy (non-hydrogen) atoms. The summed E-state index contributed by atoms with van der Waals surface area (Å²) in [7, 11) is 0. The maximum Gasteiger partial charge on any atom is 0.407 e. The van der Waals surface area contributed by atoms with Crippen molar-refractivity contribution in [2.75, 3.05) is 19.8 Å². The maximum absolute atomic E-state index is 12.0. The van der Waals surface area contributed by atoms with Crippen molar-refractivity contribution in [3.8, 4) is 0 Å². The van der Waals surface area contributed by atoms with Gasteiger partial charge in [-0.25, -0.2) is 4.79 Å². The van der Waals surface area contributed by atoms with Gasteiger partial charge in [-0.05, 0) is 46.6 Å². The SMILES string of the molecule is CC(C)(CNC(=O)OC(C)(C)C)NC(=O)COCCc1ccccc1. The number of nitrogens with one attached hydrogen (secondary N) is 2. The van der Waals surface area contributed by atoms with Crippen molar-refractivity contribution in [1.82, 2.24) is 10.6 Å². The number of amides is 2. The number of carbonyl (C=O) groups excluding carboxylic acids is 2. The fourth-order valence-corrected chi connectivity index (χ4v) is 2.06. The van der Waals surface area contributed by atoms with Crippen LogP contribution in [0.3, 0.4) is 0 Å². The number of rotatable bonds is 8. The lowest BCUT2D eigenvalue weighted by Gasteiger charge is -2.27. The standard InChI is InChI=1S/C19H30N2O4/c1-18(2,3)25-17(23)20-14-19(4,5)21-16(22)13-24-12-11-15-9-7-6-8-10-15/h6-10H,11-14H2,1-5H3,(H,20,23)(H,21,22). The molecular formula is C19H30N2O4. The fourth-order valence-electron chi connectivity index (χ4n) is 2.06.